The molecular formula is C22H19Cl4N5O2S. The van der Waals surface area contributed by atoms with Gasteiger partial charge in [-0.1, -0.05) is 70.3 Å². The molecule has 0 aliphatic rings. The summed E-state index contributed by atoms with van der Waals surface area (Å²) in [5, 5.41) is 15.8. The quantitative estimate of drug-likeness (QED) is 0.243. The first kappa shape index (κ1) is 26.4. The van der Waals surface area contributed by atoms with Crippen LogP contribution in [-0.2, 0) is 17.8 Å². The maximum absolute atomic E-state index is 12.4. The standard InChI is InChI=1S/C22H19Cl4N5O2S/c1-2-10-31-18(8-9-27-21(33)13-6-7-14(23)16(25)11-13)29-30-22(31)34-12-19(32)28-17-5-3-4-15(24)20(17)26/h2-7,11H,1,8-10,12H2,(H,27,33)(H,28,32). The third kappa shape index (κ3) is 6.90. The Labute approximate surface area is 220 Å². The molecule has 178 valence electrons. The molecule has 2 N–H and O–H groups in total. The molecule has 0 spiro atoms. The predicted octanol–water partition coefficient (Wildman–Crippen LogP) is 5.78. The van der Waals surface area contributed by atoms with Crippen molar-refractivity contribution >= 4 is 75.7 Å². The van der Waals surface area contributed by atoms with Crippen LogP contribution in [0.2, 0.25) is 20.1 Å². The fourth-order valence-electron chi connectivity index (χ4n) is 2.87. The Hall–Kier alpha value is -2.23. The van der Waals surface area contributed by atoms with Crippen molar-refractivity contribution in [1.29, 1.82) is 0 Å². The molecular weight excluding hydrogens is 540 g/mol. The van der Waals surface area contributed by atoms with Crippen molar-refractivity contribution in [1.82, 2.24) is 20.1 Å². The van der Waals surface area contributed by atoms with E-state index in [2.05, 4.69) is 27.4 Å². The van der Waals surface area contributed by atoms with Crippen LogP contribution in [0.5, 0.6) is 0 Å². The lowest BCUT2D eigenvalue weighted by Gasteiger charge is -2.10. The van der Waals surface area contributed by atoms with Crippen molar-refractivity contribution in [3.8, 4) is 0 Å². The first-order valence-corrected chi connectivity index (χ1v) is 12.4. The lowest BCUT2D eigenvalue weighted by molar-refractivity contribution is -0.113. The van der Waals surface area contributed by atoms with Gasteiger partial charge in [0.25, 0.3) is 5.91 Å². The molecule has 3 aromatic rings. The smallest absolute Gasteiger partial charge is 0.251 e. The van der Waals surface area contributed by atoms with Crippen molar-refractivity contribution in [2.24, 2.45) is 0 Å². The van der Waals surface area contributed by atoms with E-state index in [1.54, 1.807) is 36.4 Å². The number of nitrogens with one attached hydrogen (secondary N) is 2. The topological polar surface area (TPSA) is 88.9 Å². The van der Waals surface area contributed by atoms with Gasteiger partial charge >= 0.3 is 0 Å². The molecule has 0 bridgehead atoms. The summed E-state index contributed by atoms with van der Waals surface area (Å²) in [5.41, 5.74) is 0.842. The molecule has 2 aromatic carbocycles. The van der Waals surface area contributed by atoms with E-state index in [0.29, 0.717) is 56.8 Å². The molecule has 1 aromatic heterocycles. The molecule has 0 atom stereocenters. The van der Waals surface area contributed by atoms with Gasteiger partial charge in [0.2, 0.25) is 5.91 Å². The van der Waals surface area contributed by atoms with E-state index in [-0.39, 0.29) is 22.6 Å². The number of amides is 2. The van der Waals surface area contributed by atoms with E-state index in [0.717, 1.165) is 0 Å². The number of anilines is 1. The molecule has 0 saturated heterocycles. The number of hydrogen-bond acceptors (Lipinski definition) is 5. The van der Waals surface area contributed by atoms with Crippen LogP contribution >= 0.6 is 58.2 Å². The highest BCUT2D eigenvalue weighted by atomic mass is 35.5. The normalized spacial score (nSPS) is 10.7. The van der Waals surface area contributed by atoms with Crippen LogP contribution in [0.4, 0.5) is 5.69 Å². The highest BCUT2D eigenvalue weighted by Crippen LogP contribution is 2.30. The van der Waals surface area contributed by atoms with E-state index in [1.807, 2.05) is 4.57 Å². The van der Waals surface area contributed by atoms with Crippen LogP contribution in [0.3, 0.4) is 0 Å². The molecule has 34 heavy (non-hydrogen) atoms. The average molecular weight is 559 g/mol. The van der Waals surface area contributed by atoms with Gasteiger partial charge in [-0.2, -0.15) is 0 Å². The van der Waals surface area contributed by atoms with Crippen LogP contribution in [0.25, 0.3) is 0 Å². The molecule has 12 heteroatoms. The number of rotatable bonds is 10. The van der Waals surface area contributed by atoms with Gasteiger partial charge < -0.3 is 15.2 Å². The summed E-state index contributed by atoms with van der Waals surface area (Å²) in [6, 6.07) is 9.68. The second-order valence-corrected chi connectivity index (χ2v) is 9.41. The van der Waals surface area contributed by atoms with Crippen molar-refractivity contribution in [3.05, 3.63) is 80.5 Å². The molecule has 0 aliphatic carbocycles. The maximum atomic E-state index is 12.4. The lowest BCUT2D eigenvalue weighted by Crippen LogP contribution is -2.26. The fourth-order valence-corrected chi connectivity index (χ4v) is 4.28. The summed E-state index contributed by atoms with van der Waals surface area (Å²) in [6.07, 6.45) is 2.13. The van der Waals surface area contributed by atoms with Gasteiger partial charge in [-0.15, -0.1) is 16.8 Å². The molecule has 0 aliphatic heterocycles. The third-order valence-electron chi connectivity index (χ3n) is 4.48. The molecule has 3 rings (SSSR count). The zero-order chi connectivity index (χ0) is 24.7. The number of carbonyl (C=O) groups is 2. The first-order chi connectivity index (χ1) is 16.3. The molecule has 0 unspecified atom stereocenters. The summed E-state index contributed by atoms with van der Waals surface area (Å²) >= 11 is 25.2. The fraction of sp³-hybridized carbons (Fsp3) is 0.182. The Morgan fingerprint density at radius 2 is 1.85 bits per heavy atom. The Morgan fingerprint density at radius 3 is 2.59 bits per heavy atom. The van der Waals surface area contributed by atoms with Gasteiger partial charge in [0, 0.05) is 25.1 Å². The maximum Gasteiger partial charge on any atom is 0.251 e. The van der Waals surface area contributed by atoms with Gasteiger partial charge in [0.1, 0.15) is 5.82 Å². The van der Waals surface area contributed by atoms with E-state index >= 15 is 0 Å². The van der Waals surface area contributed by atoms with Gasteiger partial charge in [-0.3, -0.25) is 9.59 Å². The molecule has 0 radical (unpaired) electrons. The number of allylic oxidation sites excluding steroid dienone is 1. The zero-order valence-electron chi connectivity index (χ0n) is 17.7. The number of hydrogen-bond donors (Lipinski definition) is 2. The largest absolute Gasteiger partial charge is 0.352 e. The lowest BCUT2D eigenvalue weighted by atomic mass is 10.2. The first-order valence-electron chi connectivity index (χ1n) is 9.93. The van der Waals surface area contributed by atoms with Crippen molar-refractivity contribution < 1.29 is 9.59 Å². The van der Waals surface area contributed by atoms with Gasteiger partial charge in [-0.05, 0) is 30.3 Å². The van der Waals surface area contributed by atoms with Crippen molar-refractivity contribution in [3.63, 3.8) is 0 Å². The number of halogens is 4. The van der Waals surface area contributed by atoms with Gasteiger partial charge in [0.05, 0.1) is 31.5 Å². The monoisotopic (exact) mass is 557 g/mol. The highest BCUT2D eigenvalue weighted by Gasteiger charge is 2.15. The number of thioether (sulfide) groups is 1. The van der Waals surface area contributed by atoms with Gasteiger partial charge in [0.15, 0.2) is 5.16 Å². The summed E-state index contributed by atoms with van der Waals surface area (Å²) in [4.78, 5) is 24.7. The number of benzene rings is 2. The second-order valence-electron chi connectivity index (χ2n) is 6.87. The van der Waals surface area contributed by atoms with Crippen LogP contribution in [0.1, 0.15) is 16.2 Å². The summed E-state index contributed by atoms with van der Waals surface area (Å²) in [5.74, 6) is 0.193. The minimum absolute atomic E-state index is 0.0895. The Morgan fingerprint density at radius 1 is 1.06 bits per heavy atom. The third-order valence-corrected chi connectivity index (χ3v) is 7.00. The number of aromatic nitrogens is 3. The van der Waals surface area contributed by atoms with Crippen LogP contribution < -0.4 is 10.6 Å². The Kier molecular flexibility index (Phi) is 9.67. The Bertz CT molecular complexity index is 1220. The summed E-state index contributed by atoms with van der Waals surface area (Å²) in [7, 11) is 0. The van der Waals surface area contributed by atoms with E-state index in [9.17, 15) is 9.59 Å². The number of nitrogens with zero attached hydrogens (tertiary/aromatic N) is 3. The van der Waals surface area contributed by atoms with Crippen LogP contribution in [0.15, 0.2) is 54.2 Å². The molecule has 7 nitrogen and oxygen atoms in total. The molecule has 2 amide bonds. The van der Waals surface area contributed by atoms with Crippen LogP contribution in [-0.4, -0.2) is 38.9 Å². The minimum Gasteiger partial charge on any atom is -0.352 e. The minimum atomic E-state index is -0.278. The average Bonchev–Trinajstić information content (AvgIpc) is 3.19. The van der Waals surface area contributed by atoms with Crippen molar-refractivity contribution in [2.45, 2.75) is 18.1 Å². The van der Waals surface area contributed by atoms with Crippen LogP contribution in [0, 0.1) is 0 Å². The number of carbonyl (C=O) groups excluding carboxylic acids is 2. The van der Waals surface area contributed by atoms with Gasteiger partial charge in [-0.25, -0.2) is 0 Å². The summed E-state index contributed by atoms with van der Waals surface area (Å²) in [6.45, 7) is 4.54. The van der Waals surface area contributed by atoms with E-state index < -0.39 is 0 Å². The zero-order valence-corrected chi connectivity index (χ0v) is 21.5. The van der Waals surface area contributed by atoms with E-state index in [4.69, 9.17) is 46.4 Å². The van der Waals surface area contributed by atoms with E-state index in [1.165, 1.54) is 17.8 Å². The highest BCUT2D eigenvalue weighted by molar-refractivity contribution is 7.99. The predicted molar refractivity (Wildman–Crippen MR) is 139 cm³/mol. The molecule has 1 heterocycles. The second kappa shape index (κ2) is 12.5. The molecule has 0 fully saturated rings. The molecule has 0 saturated carbocycles. The Balaban J connectivity index is 1.57. The summed E-state index contributed by atoms with van der Waals surface area (Å²) < 4.78 is 1.84. The SMILES string of the molecule is C=CCn1c(CCNC(=O)c2ccc(Cl)c(Cl)c2)nnc1SCC(=O)Nc1cccc(Cl)c1Cl. The van der Waals surface area contributed by atoms with Crippen molar-refractivity contribution in [2.75, 3.05) is 17.6 Å².